The first-order valence-corrected chi connectivity index (χ1v) is 6.71. The van der Waals surface area contributed by atoms with E-state index in [1.165, 1.54) is 0 Å². The van der Waals surface area contributed by atoms with Crippen LogP contribution in [0, 0.1) is 6.92 Å². The number of halogens is 1. The average Bonchev–Trinajstić information content (AvgIpc) is 2.42. The molecule has 0 saturated heterocycles. The topological polar surface area (TPSA) is 84.0 Å². The summed E-state index contributed by atoms with van der Waals surface area (Å²) in [5, 5.41) is 11.5. The molecule has 0 unspecified atom stereocenters. The zero-order chi connectivity index (χ0) is 14.3. The largest absolute Gasteiger partial charge is 0.409 e. The van der Waals surface area contributed by atoms with Gasteiger partial charge in [0.25, 0.3) is 0 Å². The molecular formula is C12H19BrN4O2. The number of amidine groups is 1. The van der Waals surface area contributed by atoms with Crippen LogP contribution in [0.1, 0.15) is 12.1 Å². The number of methoxy groups -OCH3 is 1. The zero-order valence-electron chi connectivity index (χ0n) is 11.1. The van der Waals surface area contributed by atoms with Crippen molar-refractivity contribution in [3.8, 4) is 0 Å². The normalized spacial score (nSPS) is 11.6. The molecule has 3 N–H and O–H groups in total. The molecule has 0 aliphatic rings. The van der Waals surface area contributed by atoms with Gasteiger partial charge in [0.1, 0.15) is 11.7 Å². The van der Waals surface area contributed by atoms with Gasteiger partial charge in [0.05, 0.1) is 12.3 Å². The van der Waals surface area contributed by atoms with Gasteiger partial charge < -0.3 is 20.6 Å². The molecule has 19 heavy (non-hydrogen) atoms. The minimum atomic E-state index is 0.205. The molecule has 0 saturated carbocycles. The number of aromatic nitrogens is 1. The Morgan fingerprint density at radius 1 is 1.53 bits per heavy atom. The molecule has 0 amide bonds. The van der Waals surface area contributed by atoms with Crippen LogP contribution < -0.4 is 10.6 Å². The number of pyridine rings is 1. The van der Waals surface area contributed by atoms with E-state index in [1.807, 2.05) is 24.0 Å². The Morgan fingerprint density at radius 2 is 2.26 bits per heavy atom. The maximum atomic E-state index is 8.57. The number of nitrogens with zero attached hydrogens (tertiary/aromatic N) is 3. The summed E-state index contributed by atoms with van der Waals surface area (Å²) >= 11 is 3.43. The fourth-order valence-electron chi connectivity index (χ4n) is 1.55. The minimum absolute atomic E-state index is 0.205. The lowest BCUT2D eigenvalue weighted by atomic mass is 10.3. The highest BCUT2D eigenvalue weighted by Gasteiger charge is 2.10. The van der Waals surface area contributed by atoms with E-state index in [-0.39, 0.29) is 5.84 Å². The highest BCUT2D eigenvalue weighted by atomic mass is 79.9. The first kappa shape index (κ1) is 15.7. The number of rotatable bonds is 7. The first-order valence-electron chi connectivity index (χ1n) is 5.92. The first-order chi connectivity index (χ1) is 9.08. The fourth-order valence-corrected chi connectivity index (χ4v) is 1.77. The van der Waals surface area contributed by atoms with Crippen molar-refractivity contribution in [3.63, 3.8) is 0 Å². The minimum Gasteiger partial charge on any atom is -0.409 e. The van der Waals surface area contributed by atoms with Crippen LogP contribution >= 0.6 is 15.9 Å². The molecule has 6 nitrogen and oxygen atoms in total. The van der Waals surface area contributed by atoms with Crippen LogP contribution in [0.15, 0.2) is 21.8 Å². The van der Waals surface area contributed by atoms with E-state index in [0.29, 0.717) is 26.1 Å². The van der Waals surface area contributed by atoms with Gasteiger partial charge in [0, 0.05) is 31.1 Å². The van der Waals surface area contributed by atoms with Gasteiger partial charge in [0.2, 0.25) is 0 Å². The number of oxime groups is 1. The number of anilines is 1. The predicted octanol–water partition coefficient (Wildman–Crippen LogP) is 1.74. The molecule has 0 aliphatic carbocycles. The Hall–Kier alpha value is -1.34. The second-order valence-corrected chi connectivity index (χ2v) is 4.91. The van der Waals surface area contributed by atoms with Gasteiger partial charge in [-0.1, -0.05) is 5.16 Å². The quantitative estimate of drug-likeness (QED) is 0.344. The molecule has 0 spiro atoms. The van der Waals surface area contributed by atoms with Crippen LogP contribution in [-0.2, 0) is 4.74 Å². The Labute approximate surface area is 121 Å². The standard InChI is InChI=1S/C12H19BrN4O2/c1-9-10(13)3-4-12(15-9)17(7-8-19-2)6-5-11(14)16-18/h3-4,18H,5-8H2,1-2H3,(H2,14,16). The van der Waals surface area contributed by atoms with Crippen LogP contribution in [0.4, 0.5) is 5.82 Å². The number of nitrogens with two attached hydrogens (primary N) is 1. The fraction of sp³-hybridized carbons (Fsp3) is 0.500. The van der Waals surface area contributed by atoms with Crippen molar-refractivity contribution in [1.82, 2.24) is 4.98 Å². The summed E-state index contributed by atoms with van der Waals surface area (Å²) in [5.41, 5.74) is 6.42. The van der Waals surface area contributed by atoms with Crippen LogP contribution in [0.3, 0.4) is 0 Å². The molecule has 7 heteroatoms. The molecule has 0 aromatic carbocycles. The average molecular weight is 331 g/mol. The number of hydrogen-bond donors (Lipinski definition) is 2. The van der Waals surface area contributed by atoms with Crippen molar-refractivity contribution in [3.05, 3.63) is 22.3 Å². The SMILES string of the molecule is COCCN(CC/C(N)=N/O)c1ccc(Br)c(C)n1. The molecule has 0 atom stereocenters. The lowest BCUT2D eigenvalue weighted by molar-refractivity contribution is 0.205. The summed E-state index contributed by atoms with van der Waals surface area (Å²) in [5.74, 6) is 1.06. The molecule has 106 valence electrons. The van der Waals surface area contributed by atoms with Gasteiger partial charge >= 0.3 is 0 Å². The van der Waals surface area contributed by atoms with Gasteiger partial charge in [-0.3, -0.25) is 0 Å². The predicted molar refractivity (Wildman–Crippen MR) is 78.8 cm³/mol. The summed E-state index contributed by atoms with van der Waals surface area (Å²) in [4.78, 5) is 6.55. The summed E-state index contributed by atoms with van der Waals surface area (Å²) in [6, 6.07) is 3.89. The van der Waals surface area contributed by atoms with Crippen molar-refractivity contribution in [1.29, 1.82) is 0 Å². The van der Waals surface area contributed by atoms with Crippen LogP contribution in [0.5, 0.6) is 0 Å². The Balaban J connectivity index is 2.79. The van der Waals surface area contributed by atoms with Gasteiger partial charge in [-0.25, -0.2) is 4.98 Å². The summed E-state index contributed by atoms with van der Waals surface area (Å²) < 4.78 is 6.06. The summed E-state index contributed by atoms with van der Waals surface area (Å²) in [6.07, 6.45) is 0.469. The van der Waals surface area contributed by atoms with Crippen LogP contribution in [0.25, 0.3) is 0 Å². The Kier molecular flexibility index (Phi) is 6.58. The molecule has 0 bridgehead atoms. The second-order valence-electron chi connectivity index (χ2n) is 4.06. The van der Waals surface area contributed by atoms with Gasteiger partial charge in [0.15, 0.2) is 0 Å². The molecule has 0 fully saturated rings. The molecule has 0 aliphatic heterocycles. The monoisotopic (exact) mass is 330 g/mol. The molecule has 1 aromatic heterocycles. The Bertz CT molecular complexity index is 440. The number of aryl methyl sites for hydroxylation is 1. The van der Waals surface area contributed by atoms with Crippen molar-refractivity contribution in [2.45, 2.75) is 13.3 Å². The summed E-state index contributed by atoms with van der Waals surface area (Å²) in [7, 11) is 1.65. The highest BCUT2D eigenvalue weighted by Crippen LogP contribution is 2.19. The second kappa shape index (κ2) is 7.96. The maximum absolute atomic E-state index is 8.57. The highest BCUT2D eigenvalue weighted by molar-refractivity contribution is 9.10. The van der Waals surface area contributed by atoms with E-state index < -0.39 is 0 Å². The van der Waals surface area contributed by atoms with E-state index in [1.54, 1.807) is 7.11 Å². The lowest BCUT2D eigenvalue weighted by Crippen LogP contribution is -2.32. The molecule has 1 rings (SSSR count). The number of ether oxygens (including phenoxy) is 1. The van der Waals surface area contributed by atoms with Crippen molar-refractivity contribution >= 4 is 27.6 Å². The molecular weight excluding hydrogens is 312 g/mol. The van der Waals surface area contributed by atoms with Crippen molar-refractivity contribution < 1.29 is 9.94 Å². The summed E-state index contributed by atoms with van der Waals surface area (Å²) in [6.45, 7) is 3.84. The van der Waals surface area contributed by atoms with E-state index in [4.69, 9.17) is 15.7 Å². The van der Waals surface area contributed by atoms with Crippen molar-refractivity contribution in [2.75, 3.05) is 31.7 Å². The van der Waals surface area contributed by atoms with Gasteiger partial charge in [-0.2, -0.15) is 0 Å². The van der Waals surface area contributed by atoms with E-state index in [9.17, 15) is 0 Å². The van der Waals surface area contributed by atoms with Gasteiger partial charge in [-0.15, -0.1) is 0 Å². The third-order valence-electron chi connectivity index (χ3n) is 2.66. The van der Waals surface area contributed by atoms with E-state index in [0.717, 1.165) is 16.0 Å². The third-order valence-corrected chi connectivity index (χ3v) is 3.50. The Morgan fingerprint density at radius 3 is 2.84 bits per heavy atom. The zero-order valence-corrected chi connectivity index (χ0v) is 12.7. The number of hydrogen-bond acceptors (Lipinski definition) is 5. The van der Waals surface area contributed by atoms with Gasteiger partial charge in [-0.05, 0) is 35.0 Å². The molecule has 0 radical (unpaired) electrons. The molecule has 1 aromatic rings. The maximum Gasteiger partial charge on any atom is 0.140 e. The lowest BCUT2D eigenvalue weighted by Gasteiger charge is -2.23. The third kappa shape index (κ3) is 5.04. The van der Waals surface area contributed by atoms with Crippen LogP contribution in [0.2, 0.25) is 0 Å². The van der Waals surface area contributed by atoms with Crippen LogP contribution in [-0.4, -0.2) is 42.8 Å². The molecule has 1 heterocycles. The van der Waals surface area contributed by atoms with E-state index >= 15 is 0 Å². The smallest absolute Gasteiger partial charge is 0.140 e. The van der Waals surface area contributed by atoms with Crippen molar-refractivity contribution in [2.24, 2.45) is 10.9 Å². The van der Waals surface area contributed by atoms with E-state index in [2.05, 4.69) is 26.1 Å².